The number of benzene rings is 2. The van der Waals surface area contributed by atoms with Crippen LogP contribution in [0.2, 0.25) is 0 Å². The molecular weight excluding hydrogens is 330 g/mol. The van der Waals surface area contributed by atoms with Crippen LogP contribution in [0.4, 0.5) is 17.3 Å². The maximum atomic E-state index is 12.3. The van der Waals surface area contributed by atoms with Crippen LogP contribution in [0.15, 0.2) is 36.4 Å². The van der Waals surface area contributed by atoms with Crippen molar-refractivity contribution >= 4 is 34.3 Å². The van der Waals surface area contributed by atoms with Crippen LogP contribution in [0.3, 0.4) is 0 Å². The highest BCUT2D eigenvalue weighted by atomic mass is 16.6. The topological polar surface area (TPSA) is 144 Å². The van der Waals surface area contributed by atoms with Gasteiger partial charge >= 0.3 is 0 Å². The molecule has 0 aliphatic carbocycles. The van der Waals surface area contributed by atoms with E-state index in [-0.39, 0.29) is 17.1 Å². The molecule has 1 aromatic heterocycles. The van der Waals surface area contributed by atoms with Gasteiger partial charge in [-0.15, -0.1) is 0 Å². The van der Waals surface area contributed by atoms with E-state index in [9.17, 15) is 25.0 Å². The molecule has 126 valence electrons. The average Bonchev–Trinajstić information content (AvgIpc) is 2.96. The molecule has 0 spiro atoms. The molecule has 0 atom stereocenters. The molecule has 0 fully saturated rings. The van der Waals surface area contributed by atoms with Crippen LogP contribution in [0.1, 0.15) is 15.9 Å². The van der Waals surface area contributed by atoms with Crippen molar-refractivity contribution in [3.63, 3.8) is 0 Å². The van der Waals surface area contributed by atoms with E-state index in [0.29, 0.717) is 11.0 Å². The lowest BCUT2D eigenvalue weighted by Gasteiger charge is -2.04. The molecular formula is C15H11N5O5. The number of carbonyl (C=O) groups excluding carboxylic acids is 1. The number of H-pyrrole nitrogens is 1. The summed E-state index contributed by atoms with van der Waals surface area (Å²) in [5.74, 6) is -0.609. The first-order valence-corrected chi connectivity index (χ1v) is 7.06. The number of nitro benzene ring substituents is 2. The molecule has 0 aliphatic rings. The van der Waals surface area contributed by atoms with Gasteiger partial charge in [0.1, 0.15) is 5.56 Å². The lowest BCUT2D eigenvalue weighted by Crippen LogP contribution is -2.14. The van der Waals surface area contributed by atoms with Crippen LogP contribution in [-0.4, -0.2) is 25.7 Å². The Morgan fingerprint density at radius 2 is 1.72 bits per heavy atom. The highest BCUT2D eigenvalue weighted by Gasteiger charge is 2.25. The van der Waals surface area contributed by atoms with Gasteiger partial charge in [0.25, 0.3) is 17.3 Å². The number of fused-ring (bicyclic) bond motifs is 1. The van der Waals surface area contributed by atoms with Gasteiger partial charge in [-0.1, -0.05) is 12.1 Å². The van der Waals surface area contributed by atoms with Gasteiger partial charge in [0.2, 0.25) is 5.95 Å². The smallest absolute Gasteiger partial charge is 0.279 e. The molecule has 0 saturated heterocycles. The van der Waals surface area contributed by atoms with Crippen molar-refractivity contribution in [3.8, 4) is 0 Å². The number of para-hydroxylation sites is 2. The maximum Gasteiger partial charge on any atom is 0.279 e. The average molecular weight is 341 g/mol. The molecule has 0 saturated carbocycles. The highest BCUT2D eigenvalue weighted by Crippen LogP contribution is 2.29. The van der Waals surface area contributed by atoms with Crippen LogP contribution in [0.25, 0.3) is 11.0 Å². The van der Waals surface area contributed by atoms with E-state index >= 15 is 0 Å². The first kappa shape index (κ1) is 16.1. The Bertz CT molecular complexity index is 958. The molecule has 10 heteroatoms. The fourth-order valence-electron chi connectivity index (χ4n) is 2.39. The Balaban J connectivity index is 1.98. The number of hydrogen-bond donors (Lipinski definition) is 2. The van der Waals surface area contributed by atoms with E-state index in [1.807, 2.05) is 0 Å². The van der Waals surface area contributed by atoms with Gasteiger partial charge in [0, 0.05) is 12.1 Å². The van der Waals surface area contributed by atoms with Crippen LogP contribution in [0, 0.1) is 27.2 Å². The van der Waals surface area contributed by atoms with Crippen molar-refractivity contribution < 1.29 is 14.6 Å². The Morgan fingerprint density at radius 1 is 1.12 bits per heavy atom. The van der Waals surface area contributed by atoms with Crippen molar-refractivity contribution in [3.05, 3.63) is 67.8 Å². The molecule has 1 heterocycles. The summed E-state index contributed by atoms with van der Waals surface area (Å²) >= 11 is 0. The molecule has 3 aromatic rings. The summed E-state index contributed by atoms with van der Waals surface area (Å²) < 4.78 is 0. The number of nitrogens with one attached hydrogen (secondary N) is 2. The number of imidazole rings is 1. The van der Waals surface area contributed by atoms with Crippen molar-refractivity contribution in [2.45, 2.75) is 6.92 Å². The Morgan fingerprint density at radius 3 is 2.28 bits per heavy atom. The predicted octanol–water partition coefficient (Wildman–Crippen LogP) is 2.94. The standard InChI is InChI=1S/C15H11N5O5/c1-8-12(19(22)23)6-9(7-13(8)20(24)25)14(21)18-15-16-10-4-2-3-5-11(10)17-15/h2-7H,1H3,(H2,16,17,18,21). The zero-order valence-corrected chi connectivity index (χ0v) is 12.8. The minimum Gasteiger partial charge on any atom is -0.324 e. The summed E-state index contributed by atoms with van der Waals surface area (Å²) in [6.45, 7) is 1.26. The van der Waals surface area contributed by atoms with Gasteiger partial charge < -0.3 is 4.98 Å². The predicted molar refractivity (Wildman–Crippen MR) is 88.5 cm³/mol. The van der Waals surface area contributed by atoms with Crippen molar-refractivity contribution in [2.75, 3.05) is 5.32 Å². The minimum absolute atomic E-state index is 0.115. The third-order valence-electron chi connectivity index (χ3n) is 3.63. The summed E-state index contributed by atoms with van der Waals surface area (Å²) in [7, 11) is 0. The van der Waals surface area contributed by atoms with Crippen LogP contribution in [0.5, 0.6) is 0 Å². The van der Waals surface area contributed by atoms with Gasteiger partial charge in [-0.3, -0.25) is 30.3 Å². The number of aromatic nitrogens is 2. The highest BCUT2D eigenvalue weighted by molar-refractivity contribution is 6.05. The molecule has 10 nitrogen and oxygen atoms in total. The van der Waals surface area contributed by atoms with E-state index in [4.69, 9.17) is 0 Å². The minimum atomic E-state index is -0.764. The number of amides is 1. The summed E-state index contributed by atoms with van der Waals surface area (Å²) in [6.07, 6.45) is 0. The first-order valence-electron chi connectivity index (χ1n) is 7.06. The zero-order chi connectivity index (χ0) is 18.1. The summed E-state index contributed by atoms with van der Waals surface area (Å²) in [5.41, 5.74) is 0.00462. The number of aromatic amines is 1. The molecule has 25 heavy (non-hydrogen) atoms. The maximum absolute atomic E-state index is 12.3. The number of rotatable bonds is 4. The lowest BCUT2D eigenvalue weighted by atomic mass is 10.1. The van der Waals surface area contributed by atoms with Crippen LogP contribution < -0.4 is 5.32 Å². The fraction of sp³-hybridized carbons (Fsp3) is 0.0667. The molecule has 0 radical (unpaired) electrons. The van der Waals surface area contributed by atoms with E-state index in [1.165, 1.54) is 6.92 Å². The molecule has 3 rings (SSSR count). The summed E-state index contributed by atoms with van der Waals surface area (Å²) in [4.78, 5) is 40.0. The van der Waals surface area contributed by atoms with E-state index in [2.05, 4.69) is 15.3 Å². The van der Waals surface area contributed by atoms with Crippen molar-refractivity contribution in [1.82, 2.24) is 9.97 Å². The fourth-order valence-corrected chi connectivity index (χ4v) is 2.39. The van der Waals surface area contributed by atoms with Crippen molar-refractivity contribution in [2.24, 2.45) is 0 Å². The Kier molecular flexibility index (Phi) is 3.85. The second-order valence-corrected chi connectivity index (χ2v) is 5.21. The van der Waals surface area contributed by atoms with Gasteiger partial charge in [-0.05, 0) is 19.1 Å². The largest absolute Gasteiger partial charge is 0.324 e. The van der Waals surface area contributed by atoms with Gasteiger partial charge in [0.15, 0.2) is 0 Å². The number of anilines is 1. The molecule has 2 N–H and O–H groups in total. The Hall–Kier alpha value is -3.82. The second-order valence-electron chi connectivity index (χ2n) is 5.21. The number of nitro groups is 2. The van der Waals surface area contributed by atoms with E-state index in [0.717, 1.165) is 12.1 Å². The van der Waals surface area contributed by atoms with Crippen molar-refractivity contribution in [1.29, 1.82) is 0 Å². The van der Waals surface area contributed by atoms with Crippen LogP contribution >= 0.6 is 0 Å². The number of hydrogen-bond acceptors (Lipinski definition) is 6. The molecule has 0 bridgehead atoms. The molecule has 0 unspecified atom stereocenters. The number of nitrogens with zero attached hydrogens (tertiary/aromatic N) is 3. The van der Waals surface area contributed by atoms with Crippen LogP contribution in [-0.2, 0) is 0 Å². The van der Waals surface area contributed by atoms with Gasteiger partial charge in [-0.25, -0.2) is 4.98 Å². The molecule has 1 amide bonds. The lowest BCUT2D eigenvalue weighted by molar-refractivity contribution is -0.395. The second kappa shape index (κ2) is 6.00. The monoisotopic (exact) mass is 341 g/mol. The van der Waals surface area contributed by atoms with E-state index < -0.39 is 27.1 Å². The quantitative estimate of drug-likeness (QED) is 0.551. The molecule has 2 aromatic carbocycles. The normalized spacial score (nSPS) is 10.6. The third-order valence-corrected chi connectivity index (χ3v) is 3.63. The van der Waals surface area contributed by atoms with Gasteiger partial charge in [-0.2, -0.15) is 0 Å². The molecule has 0 aliphatic heterocycles. The van der Waals surface area contributed by atoms with E-state index in [1.54, 1.807) is 24.3 Å². The summed E-state index contributed by atoms with van der Waals surface area (Å²) in [5, 5.41) is 24.6. The SMILES string of the molecule is Cc1c([N+](=O)[O-])cc(C(=O)Nc2nc3ccccc3[nH]2)cc1[N+](=O)[O-]. The first-order chi connectivity index (χ1) is 11.9. The number of carbonyl (C=O) groups is 1. The Labute approximate surface area is 139 Å². The zero-order valence-electron chi connectivity index (χ0n) is 12.8. The third kappa shape index (κ3) is 3.00. The van der Waals surface area contributed by atoms with Gasteiger partial charge in [0.05, 0.1) is 26.4 Å². The summed E-state index contributed by atoms with van der Waals surface area (Å²) in [6, 6.07) is 9.07.